The first kappa shape index (κ1) is 25.9. The Labute approximate surface area is 203 Å². The fourth-order valence-electron chi connectivity index (χ4n) is 4.16. The lowest BCUT2D eigenvalue weighted by Crippen LogP contribution is -2.49. The molecule has 2 amide bonds. The summed E-state index contributed by atoms with van der Waals surface area (Å²) in [5.41, 5.74) is 5.23. The van der Waals surface area contributed by atoms with Gasteiger partial charge >= 0.3 is 0 Å². The third-order valence-electron chi connectivity index (χ3n) is 5.96. The van der Waals surface area contributed by atoms with Gasteiger partial charge in [0.15, 0.2) is 9.84 Å². The molecule has 2 unspecified atom stereocenters. The number of anilines is 1. The average Bonchev–Trinajstić information content (AvgIpc) is 3.15. The Balaban J connectivity index is 0.00000432. The van der Waals surface area contributed by atoms with Gasteiger partial charge in [0.05, 0.1) is 23.2 Å². The van der Waals surface area contributed by atoms with Gasteiger partial charge in [-0.3, -0.25) is 15.0 Å². The first-order chi connectivity index (χ1) is 16.1. The van der Waals surface area contributed by atoms with Crippen molar-refractivity contribution in [1.82, 2.24) is 15.3 Å². The number of amides is 2. The molecular weight excluding hydrogens is 452 g/mol. The van der Waals surface area contributed by atoms with Gasteiger partial charge in [-0.05, 0) is 61.7 Å². The van der Waals surface area contributed by atoms with Crippen LogP contribution >= 0.6 is 0 Å². The lowest BCUT2D eigenvalue weighted by atomic mass is 10.1. The Morgan fingerprint density at radius 2 is 1.76 bits per heavy atom. The number of hydrogen-bond donors (Lipinski definition) is 2. The Kier molecular flexibility index (Phi) is 8.46. The zero-order valence-corrected chi connectivity index (χ0v) is 21.1. The number of sulfone groups is 1. The molecule has 2 aromatic rings. The predicted molar refractivity (Wildman–Crippen MR) is 135 cm³/mol. The molecule has 0 aromatic heterocycles. The Morgan fingerprint density at radius 1 is 1.12 bits per heavy atom. The second kappa shape index (κ2) is 11.1. The topological polar surface area (TPSA) is 98.8 Å². The minimum Gasteiger partial charge on any atom is -0.326 e. The number of carbonyl (C=O) groups is 2. The van der Waals surface area contributed by atoms with Crippen molar-refractivity contribution in [3.8, 4) is 0 Å². The van der Waals surface area contributed by atoms with E-state index in [0.717, 1.165) is 18.4 Å². The quantitative estimate of drug-likeness (QED) is 0.562. The molecule has 1 saturated heterocycles. The van der Waals surface area contributed by atoms with E-state index in [1.807, 2.05) is 17.0 Å². The number of benzene rings is 2. The van der Waals surface area contributed by atoms with Crippen LogP contribution in [0.4, 0.5) is 5.69 Å². The van der Waals surface area contributed by atoms with Gasteiger partial charge in [-0.1, -0.05) is 26.0 Å². The zero-order chi connectivity index (χ0) is 24.9. The van der Waals surface area contributed by atoms with Crippen LogP contribution in [-0.2, 0) is 21.1 Å². The van der Waals surface area contributed by atoms with Crippen LogP contribution in [0.1, 0.15) is 51.0 Å². The largest absolute Gasteiger partial charge is 0.326 e. The highest BCUT2D eigenvalue weighted by molar-refractivity contribution is 7.91. The summed E-state index contributed by atoms with van der Waals surface area (Å²) in [6.45, 7) is 6.42. The lowest BCUT2D eigenvalue weighted by molar-refractivity contribution is -0.115. The van der Waals surface area contributed by atoms with E-state index in [9.17, 15) is 18.0 Å². The standard InChI is InChI=1S/C25H34N4O4S.H2/c1-5-15-29(24-16-18(3)27-28(24)4)25(31)20-9-11-21(12-10-20)26-23(30)17-19-7-13-22(14-8-19)34(32,33)6-2;/h7-14,18,24,27H,5-6,15-17H2,1-4H3,(H,26,30);1H. The molecule has 9 heteroatoms. The molecule has 2 aromatic carbocycles. The molecule has 2 N–H and O–H groups in total. The van der Waals surface area contributed by atoms with Crippen LogP contribution in [0.3, 0.4) is 0 Å². The van der Waals surface area contributed by atoms with Gasteiger partial charge in [-0.15, -0.1) is 0 Å². The maximum atomic E-state index is 13.2. The van der Waals surface area contributed by atoms with Gasteiger partial charge in [0.2, 0.25) is 5.91 Å². The SMILES string of the molecule is CCCN(C(=O)c1ccc(NC(=O)Cc2ccc(S(=O)(=O)CC)cc2)cc1)C1CC(C)NN1C.[HH]. The Morgan fingerprint density at radius 3 is 2.29 bits per heavy atom. The second-order valence-corrected chi connectivity index (χ2v) is 11.0. The molecular formula is C25H36N4O4S. The monoisotopic (exact) mass is 488 g/mol. The normalized spacial score (nSPS) is 18.6. The number of carbonyl (C=O) groups excluding carboxylic acids is 2. The number of rotatable bonds is 9. The van der Waals surface area contributed by atoms with Crippen molar-refractivity contribution < 1.29 is 19.4 Å². The van der Waals surface area contributed by atoms with E-state index >= 15 is 0 Å². The van der Waals surface area contributed by atoms with Crippen LogP contribution in [0.25, 0.3) is 0 Å². The second-order valence-electron chi connectivity index (χ2n) is 8.71. The first-order valence-corrected chi connectivity index (χ1v) is 13.3. The van der Waals surface area contributed by atoms with Crippen LogP contribution in [0.5, 0.6) is 0 Å². The van der Waals surface area contributed by atoms with Crippen LogP contribution in [-0.4, -0.2) is 61.7 Å². The molecule has 3 rings (SSSR count). The summed E-state index contributed by atoms with van der Waals surface area (Å²) in [4.78, 5) is 27.8. The van der Waals surface area contributed by atoms with Crippen LogP contribution < -0.4 is 10.7 Å². The highest BCUT2D eigenvalue weighted by atomic mass is 32.2. The van der Waals surface area contributed by atoms with Crippen molar-refractivity contribution >= 4 is 27.3 Å². The molecule has 0 radical (unpaired) electrons. The molecule has 8 nitrogen and oxygen atoms in total. The van der Waals surface area contributed by atoms with Gasteiger partial charge in [-0.25, -0.2) is 13.4 Å². The van der Waals surface area contributed by atoms with Gasteiger partial charge in [-0.2, -0.15) is 0 Å². The number of hydrazine groups is 1. The molecule has 34 heavy (non-hydrogen) atoms. The fourth-order valence-corrected chi connectivity index (χ4v) is 5.04. The summed E-state index contributed by atoms with van der Waals surface area (Å²) in [6.07, 6.45) is 1.85. The molecule has 1 aliphatic heterocycles. The molecule has 1 aliphatic rings. The maximum Gasteiger partial charge on any atom is 0.255 e. The van der Waals surface area contributed by atoms with E-state index in [1.165, 1.54) is 12.1 Å². The summed E-state index contributed by atoms with van der Waals surface area (Å²) in [5.74, 6) is -0.213. The number of nitrogens with zero attached hydrogens (tertiary/aromatic N) is 2. The van der Waals surface area contributed by atoms with Crippen molar-refractivity contribution in [1.29, 1.82) is 0 Å². The molecule has 2 atom stereocenters. The van der Waals surface area contributed by atoms with Crippen molar-refractivity contribution in [2.24, 2.45) is 0 Å². The molecule has 1 fully saturated rings. The van der Waals surface area contributed by atoms with E-state index in [-0.39, 0.29) is 36.5 Å². The van der Waals surface area contributed by atoms with Gasteiger partial charge in [0, 0.05) is 32.3 Å². The predicted octanol–water partition coefficient (Wildman–Crippen LogP) is 3.31. The van der Waals surface area contributed by atoms with Crippen molar-refractivity contribution in [3.05, 3.63) is 59.7 Å². The van der Waals surface area contributed by atoms with E-state index in [0.29, 0.717) is 23.8 Å². The fraction of sp³-hybridized carbons (Fsp3) is 0.440. The minimum atomic E-state index is -3.26. The lowest BCUT2D eigenvalue weighted by Gasteiger charge is -2.32. The molecule has 1 heterocycles. The van der Waals surface area contributed by atoms with Gasteiger partial charge in [0.1, 0.15) is 0 Å². The summed E-state index contributed by atoms with van der Waals surface area (Å²) < 4.78 is 23.8. The summed E-state index contributed by atoms with van der Waals surface area (Å²) >= 11 is 0. The molecule has 0 spiro atoms. The average molecular weight is 489 g/mol. The smallest absolute Gasteiger partial charge is 0.255 e. The first-order valence-electron chi connectivity index (χ1n) is 11.7. The highest BCUT2D eigenvalue weighted by Gasteiger charge is 2.33. The molecule has 0 aliphatic carbocycles. The molecule has 0 saturated carbocycles. The van der Waals surface area contributed by atoms with Crippen molar-refractivity contribution in [2.45, 2.75) is 57.1 Å². The van der Waals surface area contributed by atoms with Crippen LogP contribution in [0, 0.1) is 0 Å². The van der Waals surface area contributed by atoms with Gasteiger partial charge in [0.25, 0.3) is 5.91 Å². The van der Waals surface area contributed by atoms with E-state index in [1.54, 1.807) is 43.3 Å². The molecule has 0 bridgehead atoms. The summed E-state index contributed by atoms with van der Waals surface area (Å²) in [6, 6.07) is 13.6. The summed E-state index contributed by atoms with van der Waals surface area (Å²) in [5, 5.41) is 4.83. The zero-order valence-electron chi connectivity index (χ0n) is 20.2. The third kappa shape index (κ3) is 6.22. The van der Waals surface area contributed by atoms with E-state index in [2.05, 4.69) is 24.6 Å². The van der Waals surface area contributed by atoms with Gasteiger partial charge < -0.3 is 10.2 Å². The Hall–Kier alpha value is -2.75. The van der Waals surface area contributed by atoms with E-state index in [4.69, 9.17) is 0 Å². The van der Waals surface area contributed by atoms with Crippen LogP contribution in [0.2, 0.25) is 0 Å². The molecule has 186 valence electrons. The maximum absolute atomic E-state index is 13.2. The van der Waals surface area contributed by atoms with Crippen LogP contribution in [0.15, 0.2) is 53.4 Å². The van der Waals surface area contributed by atoms with Crippen molar-refractivity contribution in [2.75, 3.05) is 24.7 Å². The highest BCUT2D eigenvalue weighted by Crippen LogP contribution is 2.21. The Bertz CT molecular complexity index is 1110. The third-order valence-corrected chi connectivity index (χ3v) is 7.71. The van der Waals surface area contributed by atoms with E-state index < -0.39 is 9.84 Å². The number of nitrogens with one attached hydrogen (secondary N) is 2. The minimum absolute atomic E-state index is 0. The van der Waals surface area contributed by atoms with Crippen molar-refractivity contribution in [3.63, 3.8) is 0 Å². The number of hydrogen-bond acceptors (Lipinski definition) is 6. The summed E-state index contributed by atoms with van der Waals surface area (Å²) in [7, 11) is -1.30.